The Labute approximate surface area is 115 Å². The maximum absolute atomic E-state index is 3.87. The average Bonchev–Trinajstić information content (AvgIpc) is 2.17. The van der Waals surface area contributed by atoms with Gasteiger partial charge in [-0.1, -0.05) is 6.08 Å². The summed E-state index contributed by atoms with van der Waals surface area (Å²) >= 11 is 0. The molecule has 0 amide bonds. The van der Waals surface area contributed by atoms with Crippen LogP contribution in [0.1, 0.15) is 61.3 Å². The summed E-state index contributed by atoms with van der Waals surface area (Å²) in [4.78, 5) is 2.52. The summed E-state index contributed by atoms with van der Waals surface area (Å²) in [5.41, 5.74) is 0.444. The standard InChI is InChI=1S/C16H34N2/c1-9-13-18(16(6,7)8)14(2)11-10-12-17-15(3,4)5/h9,14,17H,1,10-13H2,2-8H3. The molecule has 0 bridgehead atoms. The minimum Gasteiger partial charge on any atom is -0.312 e. The van der Waals surface area contributed by atoms with Gasteiger partial charge in [-0.15, -0.1) is 6.58 Å². The van der Waals surface area contributed by atoms with Crippen LogP contribution in [0.3, 0.4) is 0 Å². The van der Waals surface area contributed by atoms with E-state index in [0.717, 1.165) is 13.1 Å². The van der Waals surface area contributed by atoms with E-state index < -0.39 is 0 Å². The Balaban J connectivity index is 4.12. The molecular weight excluding hydrogens is 220 g/mol. The van der Waals surface area contributed by atoms with Gasteiger partial charge in [0, 0.05) is 23.7 Å². The molecule has 0 aromatic heterocycles. The van der Waals surface area contributed by atoms with E-state index in [4.69, 9.17) is 0 Å². The second-order valence-electron chi connectivity index (χ2n) is 7.28. The van der Waals surface area contributed by atoms with Crippen LogP contribution in [0.2, 0.25) is 0 Å². The minimum absolute atomic E-state index is 0.213. The van der Waals surface area contributed by atoms with Crippen LogP contribution in [-0.4, -0.2) is 35.1 Å². The first-order chi connectivity index (χ1) is 8.08. The van der Waals surface area contributed by atoms with E-state index in [1.54, 1.807) is 0 Å². The second-order valence-corrected chi connectivity index (χ2v) is 7.28. The zero-order valence-electron chi connectivity index (χ0n) is 13.6. The molecule has 0 heterocycles. The molecule has 0 rings (SSSR count). The third-order valence-corrected chi connectivity index (χ3v) is 3.17. The lowest BCUT2D eigenvalue weighted by Crippen LogP contribution is -2.47. The average molecular weight is 254 g/mol. The van der Waals surface area contributed by atoms with Gasteiger partial charge in [0.2, 0.25) is 0 Å². The van der Waals surface area contributed by atoms with Crippen molar-refractivity contribution in [3.63, 3.8) is 0 Å². The van der Waals surface area contributed by atoms with Gasteiger partial charge in [-0.05, 0) is 67.9 Å². The number of rotatable bonds is 7. The first kappa shape index (κ1) is 17.7. The lowest BCUT2D eigenvalue weighted by atomic mass is 10.0. The van der Waals surface area contributed by atoms with Crippen molar-refractivity contribution in [2.45, 2.75) is 78.4 Å². The highest BCUT2D eigenvalue weighted by Gasteiger charge is 2.24. The van der Waals surface area contributed by atoms with E-state index in [1.165, 1.54) is 12.8 Å². The summed E-state index contributed by atoms with van der Waals surface area (Å²) in [5, 5.41) is 3.55. The molecule has 2 heteroatoms. The largest absolute Gasteiger partial charge is 0.312 e. The van der Waals surface area contributed by atoms with Crippen LogP contribution in [0.4, 0.5) is 0 Å². The van der Waals surface area contributed by atoms with Gasteiger partial charge in [-0.2, -0.15) is 0 Å². The van der Waals surface area contributed by atoms with Crippen molar-refractivity contribution in [1.29, 1.82) is 0 Å². The fourth-order valence-corrected chi connectivity index (χ4v) is 2.27. The van der Waals surface area contributed by atoms with Gasteiger partial charge >= 0.3 is 0 Å². The predicted molar refractivity (Wildman–Crippen MR) is 83.1 cm³/mol. The van der Waals surface area contributed by atoms with Crippen molar-refractivity contribution in [2.24, 2.45) is 0 Å². The SMILES string of the molecule is C=CCN(C(C)CCCNC(C)(C)C)C(C)(C)C. The molecular formula is C16H34N2. The van der Waals surface area contributed by atoms with E-state index >= 15 is 0 Å². The van der Waals surface area contributed by atoms with E-state index in [-0.39, 0.29) is 11.1 Å². The fourth-order valence-electron chi connectivity index (χ4n) is 2.27. The molecule has 0 aromatic rings. The molecule has 1 unspecified atom stereocenters. The molecule has 2 nitrogen and oxygen atoms in total. The van der Waals surface area contributed by atoms with E-state index in [0.29, 0.717) is 6.04 Å². The van der Waals surface area contributed by atoms with Crippen molar-refractivity contribution in [2.75, 3.05) is 13.1 Å². The van der Waals surface area contributed by atoms with Gasteiger partial charge in [0.05, 0.1) is 0 Å². The van der Waals surface area contributed by atoms with Crippen LogP contribution in [-0.2, 0) is 0 Å². The van der Waals surface area contributed by atoms with E-state index in [2.05, 4.69) is 65.3 Å². The van der Waals surface area contributed by atoms with Gasteiger partial charge < -0.3 is 5.32 Å². The molecule has 0 aliphatic carbocycles. The van der Waals surface area contributed by atoms with Crippen LogP contribution < -0.4 is 5.32 Å². The Morgan fingerprint density at radius 1 is 1.17 bits per heavy atom. The minimum atomic E-state index is 0.213. The fraction of sp³-hybridized carbons (Fsp3) is 0.875. The van der Waals surface area contributed by atoms with Crippen LogP contribution >= 0.6 is 0 Å². The third-order valence-electron chi connectivity index (χ3n) is 3.17. The van der Waals surface area contributed by atoms with Gasteiger partial charge in [0.25, 0.3) is 0 Å². The summed E-state index contributed by atoms with van der Waals surface area (Å²) in [6.07, 6.45) is 4.46. The second kappa shape index (κ2) is 7.30. The molecule has 1 atom stereocenters. The number of hydrogen-bond acceptors (Lipinski definition) is 2. The summed E-state index contributed by atoms with van der Waals surface area (Å²) in [7, 11) is 0. The molecule has 18 heavy (non-hydrogen) atoms. The molecule has 0 saturated carbocycles. The van der Waals surface area contributed by atoms with Crippen LogP contribution in [0.15, 0.2) is 12.7 Å². The first-order valence-electron chi connectivity index (χ1n) is 7.20. The first-order valence-corrected chi connectivity index (χ1v) is 7.20. The van der Waals surface area contributed by atoms with Gasteiger partial charge in [0.1, 0.15) is 0 Å². The Kier molecular flexibility index (Phi) is 7.16. The summed E-state index contributed by atoms with van der Waals surface area (Å²) in [6.45, 7) is 21.8. The predicted octanol–water partition coefficient (Wildman–Crippen LogP) is 3.83. The van der Waals surface area contributed by atoms with Crippen molar-refractivity contribution in [1.82, 2.24) is 10.2 Å². The van der Waals surface area contributed by atoms with Crippen LogP contribution in [0.25, 0.3) is 0 Å². The Bertz CT molecular complexity index is 232. The topological polar surface area (TPSA) is 15.3 Å². The normalized spacial score (nSPS) is 14.9. The van der Waals surface area contributed by atoms with Crippen LogP contribution in [0, 0.1) is 0 Å². The summed E-state index contributed by atoms with van der Waals surface area (Å²) in [6, 6.07) is 0.602. The lowest BCUT2D eigenvalue weighted by Gasteiger charge is -2.40. The van der Waals surface area contributed by atoms with Crippen molar-refractivity contribution in [3.05, 3.63) is 12.7 Å². The van der Waals surface area contributed by atoms with Crippen molar-refractivity contribution in [3.8, 4) is 0 Å². The van der Waals surface area contributed by atoms with Crippen molar-refractivity contribution >= 4 is 0 Å². The highest BCUT2D eigenvalue weighted by Crippen LogP contribution is 2.19. The molecule has 1 N–H and O–H groups in total. The molecule has 0 fully saturated rings. The zero-order valence-corrected chi connectivity index (χ0v) is 13.6. The quantitative estimate of drug-likeness (QED) is 0.549. The molecule has 0 spiro atoms. The number of nitrogens with one attached hydrogen (secondary N) is 1. The lowest BCUT2D eigenvalue weighted by molar-refractivity contribution is 0.0993. The highest BCUT2D eigenvalue weighted by molar-refractivity contribution is 4.86. The van der Waals surface area contributed by atoms with E-state index in [1.807, 2.05) is 6.08 Å². The molecule has 0 aliphatic rings. The molecule has 108 valence electrons. The van der Waals surface area contributed by atoms with Gasteiger partial charge in [0.15, 0.2) is 0 Å². The molecule has 0 aliphatic heterocycles. The van der Waals surface area contributed by atoms with Crippen LogP contribution in [0.5, 0.6) is 0 Å². The monoisotopic (exact) mass is 254 g/mol. The highest BCUT2D eigenvalue weighted by atomic mass is 15.2. The maximum atomic E-state index is 3.87. The molecule has 0 radical (unpaired) electrons. The van der Waals surface area contributed by atoms with Gasteiger partial charge in [-0.3, -0.25) is 4.90 Å². The Morgan fingerprint density at radius 3 is 2.11 bits per heavy atom. The zero-order chi connectivity index (χ0) is 14.4. The maximum Gasteiger partial charge on any atom is 0.0168 e. The van der Waals surface area contributed by atoms with Gasteiger partial charge in [-0.25, -0.2) is 0 Å². The third kappa shape index (κ3) is 7.88. The number of hydrogen-bond donors (Lipinski definition) is 1. The van der Waals surface area contributed by atoms with E-state index in [9.17, 15) is 0 Å². The Hall–Kier alpha value is -0.340. The summed E-state index contributed by atoms with van der Waals surface area (Å²) in [5.74, 6) is 0. The smallest absolute Gasteiger partial charge is 0.0168 e. The molecule has 0 saturated heterocycles. The Morgan fingerprint density at radius 2 is 1.72 bits per heavy atom. The van der Waals surface area contributed by atoms with Crippen molar-refractivity contribution < 1.29 is 0 Å². The molecule has 0 aromatic carbocycles. The number of nitrogens with zero attached hydrogens (tertiary/aromatic N) is 1. The summed E-state index contributed by atoms with van der Waals surface area (Å²) < 4.78 is 0.